The first kappa shape index (κ1) is 41.9. The van der Waals surface area contributed by atoms with Crippen LogP contribution in [0, 0.1) is 17.8 Å². The standard InChI is InChI=1S/C42H52N6O7/c1-26(2)22-35(41(53)46-33(24-32-19-21-44-39(32)51)17-18-36(49)55-25-29-12-7-6-8-13-29)47-42(54)37(27(3)4)48-38(50)28(5)45-40(52)31-15-11-14-30(23-31)34-16-9-10-20-43-34/h6-18,20,23,26-28,32-33,35,37H,19,21-22,24-25H2,1-5H3,(H,44,51)(H,45,52)(H,46,53)(H,47,54)(H,48,50)/b18-17+/t28-,32-,33+,35-,37-/m0/s1. The van der Waals surface area contributed by atoms with Gasteiger partial charge in [0.05, 0.1) is 5.69 Å². The van der Waals surface area contributed by atoms with Gasteiger partial charge in [-0.2, -0.15) is 0 Å². The molecule has 13 nitrogen and oxygen atoms in total. The second-order valence-corrected chi connectivity index (χ2v) is 14.5. The minimum atomic E-state index is -1.03. The summed E-state index contributed by atoms with van der Waals surface area (Å²) in [6, 6.07) is 17.9. The van der Waals surface area contributed by atoms with Crippen molar-refractivity contribution in [1.82, 2.24) is 31.6 Å². The second kappa shape index (κ2) is 20.6. The summed E-state index contributed by atoms with van der Waals surface area (Å²) in [5, 5.41) is 14.0. The van der Waals surface area contributed by atoms with Gasteiger partial charge in [-0.15, -0.1) is 0 Å². The Balaban J connectivity index is 1.40. The Morgan fingerprint density at radius 3 is 2.25 bits per heavy atom. The molecule has 0 radical (unpaired) electrons. The Morgan fingerprint density at radius 2 is 1.60 bits per heavy atom. The maximum atomic E-state index is 13.8. The van der Waals surface area contributed by atoms with Crippen molar-refractivity contribution in [3.63, 3.8) is 0 Å². The van der Waals surface area contributed by atoms with Crippen LogP contribution in [0.15, 0.2) is 91.1 Å². The van der Waals surface area contributed by atoms with Gasteiger partial charge >= 0.3 is 5.97 Å². The van der Waals surface area contributed by atoms with Crippen LogP contribution in [0.2, 0.25) is 0 Å². The Hall–Kier alpha value is -5.85. The van der Waals surface area contributed by atoms with Gasteiger partial charge in [-0.3, -0.25) is 29.0 Å². The topological polar surface area (TPSA) is 185 Å². The molecule has 4 rings (SSSR count). The number of aromatic nitrogens is 1. The van der Waals surface area contributed by atoms with E-state index in [4.69, 9.17) is 4.74 Å². The molecule has 55 heavy (non-hydrogen) atoms. The molecule has 1 saturated heterocycles. The summed E-state index contributed by atoms with van der Waals surface area (Å²) < 4.78 is 5.35. The summed E-state index contributed by atoms with van der Waals surface area (Å²) in [6.45, 7) is 9.46. The van der Waals surface area contributed by atoms with Crippen LogP contribution in [0.25, 0.3) is 11.3 Å². The number of rotatable bonds is 18. The molecule has 5 N–H and O–H groups in total. The number of nitrogens with zero attached hydrogens (tertiary/aromatic N) is 1. The fraction of sp³-hybridized carbons (Fsp3) is 0.405. The zero-order chi connectivity index (χ0) is 39.9. The van der Waals surface area contributed by atoms with Gasteiger partial charge in [-0.05, 0) is 67.9 Å². The first-order chi connectivity index (χ1) is 26.3. The van der Waals surface area contributed by atoms with Crippen LogP contribution in [-0.2, 0) is 35.3 Å². The van der Waals surface area contributed by atoms with E-state index in [2.05, 4.69) is 31.6 Å². The van der Waals surface area contributed by atoms with Gasteiger partial charge in [0, 0.05) is 41.9 Å². The van der Waals surface area contributed by atoms with E-state index < -0.39 is 53.8 Å². The van der Waals surface area contributed by atoms with Crippen LogP contribution >= 0.6 is 0 Å². The quantitative estimate of drug-likeness (QED) is 0.0959. The molecule has 1 fully saturated rings. The molecule has 1 aliphatic heterocycles. The number of ether oxygens (including phenoxy) is 1. The highest BCUT2D eigenvalue weighted by atomic mass is 16.5. The van der Waals surface area contributed by atoms with E-state index >= 15 is 0 Å². The molecule has 3 aromatic rings. The number of carbonyl (C=O) groups is 6. The van der Waals surface area contributed by atoms with E-state index in [0.29, 0.717) is 24.2 Å². The van der Waals surface area contributed by atoms with Gasteiger partial charge in [0.1, 0.15) is 24.7 Å². The number of amides is 5. The van der Waals surface area contributed by atoms with Crippen LogP contribution in [0.4, 0.5) is 0 Å². The molecular weight excluding hydrogens is 700 g/mol. The molecule has 5 amide bonds. The average Bonchev–Trinajstić information content (AvgIpc) is 3.58. The lowest BCUT2D eigenvalue weighted by molar-refractivity contribution is -0.139. The maximum absolute atomic E-state index is 13.8. The van der Waals surface area contributed by atoms with Crippen molar-refractivity contribution in [3.8, 4) is 11.3 Å². The molecule has 292 valence electrons. The number of nitrogens with one attached hydrogen (secondary N) is 5. The number of pyridine rings is 1. The molecule has 0 bridgehead atoms. The molecule has 2 heterocycles. The smallest absolute Gasteiger partial charge is 0.330 e. The highest BCUT2D eigenvalue weighted by Crippen LogP contribution is 2.19. The molecule has 0 saturated carbocycles. The summed E-state index contributed by atoms with van der Waals surface area (Å²) in [5.74, 6) is -3.61. The summed E-state index contributed by atoms with van der Waals surface area (Å²) in [6.07, 6.45) is 5.50. The normalized spacial score (nSPS) is 16.1. The lowest BCUT2D eigenvalue weighted by Gasteiger charge is -2.28. The van der Waals surface area contributed by atoms with Crippen molar-refractivity contribution in [3.05, 3.63) is 102 Å². The number of benzene rings is 2. The van der Waals surface area contributed by atoms with E-state index in [-0.39, 0.29) is 43.1 Å². The SMILES string of the molecule is CC(C)C[C@H](NC(=O)[C@@H](NC(=O)[C@H](C)NC(=O)c1cccc(-c2ccccn2)c1)C(C)C)C(=O)N[C@H](/C=C/C(=O)OCc1ccccc1)C[C@@H]1CCNC1=O. The Bertz CT molecular complexity index is 1810. The van der Waals surface area contributed by atoms with Crippen molar-refractivity contribution in [2.45, 2.75) is 84.7 Å². The van der Waals surface area contributed by atoms with E-state index in [1.807, 2.05) is 62.4 Å². The van der Waals surface area contributed by atoms with Crippen molar-refractivity contribution in [2.24, 2.45) is 17.8 Å². The lowest BCUT2D eigenvalue weighted by atomic mass is 9.96. The molecule has 1 aliphatic rings. The zero-order valence-electron chi connectivity index (χ0n) is 32.0. The fourth-order valence-corrected chi connectivity index (χ4v) is 6.09. The van der Waals surface area contributed by atoms with Gasteiger partial charge in [0.2, 0.25) is 23.6 Å². The Labute approximate surface area is 322 Å². The minimum Gasteiger partial charge on any atom is -0.458 e. The molecule has 13 heteroatoms. The number of hydrogen-bond acceptors (Lipinski definition) is 8. The summed E-state index contributed by atoms with van der Waals surface area (Å²) in [7, 11) is 0. The van der Waals surface area contributed by atoms with E-state index in [1.165, 1.54) is 19.1 Å². The van der Waals surface area contributed by atoms with Crippen LogP contribution in [0.5, 0.6) is 0 Å². The zero-order valence-corrected chi connectivity index (χ0v) is 32.0. The molecular formula is C42H52N6O7. The van der Waals surface area contributed by atoms with Crippen LogP contribution < -0.4 is 26.6 Å². The van der Waals surface area contributed by atoms with Crippen LogP contribution in [-0.4, -0.2) is 71.2 Å². The summed E-state index contributed by atoms with van der Waals surface area (Å²) >= 11 is 0. The average molecular weight is 753 g/mol. The first-order valence-electron chi connectivity index (χ1n) is 18.7. The highest BCUT2D eigenvalue weighted by molar-refractivity contribution is 5.99. The van der Waals surface area contributed by atoms with Crippen LogP contribution in [0.3, 0.4) is 0 Å². The van der Waals surface area contributed by atoms with Crippen molar-refractivity contribution >= 4 is 35.5 Å². The van der Waals surface area contributed by atoms with Crippen LogP contribution in [0.1, 0.15) is 69.8 Å². The van der Waals surface area contributed by atoms with E-state index in [1.54, 1.807) is 44.3 Å². The minimum absolute atomic E-state index is 0.00267. The summed E-state index contributed by atoms with van der Waals surface area (Å²) in [4.78, 5) is 83.4. The largest absolute Gasteiger partial charge is 0.458 e. The summed E-state index contributed by atoms with van der Waals surface area (Å²) in [5.41, 5.74) is 2.61. The number of hydrogen-bond donors (Lipinski definition) is 5. The fourth-order valence-electron chi connectivity index (χ4n) is 6.09. The number of esters is 1. The van der Waals surface area contributed by atoms with E-state index in [9.17, 15) is 28.8 Å². The monoisotopic (exact) mass is 752 g/mol. The Kier molecular flexibility index (Phi) is 15.7. The van der Waals surface area contributed by atoms with Gasteiger partial charge < -0.3 is 31.3 Å². The third-order valence-corrected chi connectivity index (χ3v) is 9.13. The van der Waals surface area contributed by atoms with Crippen molar-refractivity contribution in [2.75, 3.05) is 6.54 Å². The second-order valence-electron chi connectivity index (χ2n) is 14.5. The first-order valence-corrected chi connectivity index (χ1v) is 18.7. The predicted octanol–water partition coefficient (Wildman–Crippen LogP) is 3.85. The van der Waals surface area contributed by atoms with Crippen molar-refractivity contribution < 1.29 is 33.5 Å². The molecule has 0 spiro atoms. The highest BCUT2D eigenvalue weighted by Gasteiger charge is 2.33. The third-order valence-electron chi connectivity index (χ3n) is 9.13. The predicted molar refractivity (Wildman–Crippen MR) is 208 cm³/mol. The van der Waals surface area contributed by atoms with Crippen molar-refractivity contribution in [1.29, 1.82) is 0 Å². The van der Waals surface area contributed by atoms with E-state index in [0.717, 1.165) is 11.1 Å². The van der Waals surface area contributed by atoms with Gasteiger partial charge in [0.15, 0.2) is 0 Å². The number of carbonyl (C=O) groups excluding carboxylic acids is 6. The van der Waals surface area contributed by atoms with Gasteiger partial charge in [0.25, 0.3) is 5.91 Å². The lowest BCUT2D eigenvalue weighted by Crippen LogP contribution is -2.58. The van der Waals surface area contributed by atoms with Gasteiger partial charge in [-0.1, -0.05) is 82.3 Å². The molecule has 2 aromatic carbocycles. The molecule has 0 unspecified atom stereocenters. The van der Waals surface area contributed by atoms with Gasteiger partial charge in [-0.25, -0.2) is 4.79 Å². The third kappa shape index (κ3) is 13.2. The molecule has 5 atom stereocenters. The maximum Gasteiger partial charge on any atom is 0.330 e. The molecule has 0 aliphatic carbocycles. The Morgan fingerprint density at radius 1 is 0.855 bits per heavy atom. The molecule has 1 aromatic heterocycles.